The monoisotopic (exact) mass is 376 g/mol. The molecule has 0 spiro atoms. The molecule has 1 N–H and O–H groups in total. The van der Waals surface area contributed by atoms with Gasteiger partial charge in [-0.3, -0.25) is 14.8 Å². The molecule has 6 heteroatoms. The fourth-order valence-electron chi connectivity index (χ4n) is 3.13. The molecule has 0 bridgehead atoms. The lowest BCUT2D eigenvalue weighted by Crippen LogP contribution is -2.22. The molecule has 5 rings (SSSR count). The Morgan fingerprint density at radius 3 is 2.75 bits per heavy atom. The Labute approximate surface area is 144 Å². The standard InChI is InChI=1S/C18H9BrN4O/c19-10-5-6-11-14(8-10)23-16(20)12-7-9-3-1-2-4-13(9)21-17(12)22-18(23)15(11)24/h1-8,20H. The first kappa shape index (κ1) is 13.6. The van der Waals surface area contributed by atoms with Crippen LogP contribution in [-0.4, -0.2) is 20.3 Å². The van der Waals surface area contributed by atoms with Crippen LogP contribution in [0.15, 0.2) is 53.0 Å². The molecule has 2 aromatic carbocycles. The summed E-state index contributed by atoms with van der Waals surface area (Å²) < 4.78 is 2.45. The van der Waals surface area contributed by atoms with Crippen molar-refractivity contribution in [1.29, 1.82) is 5.41 Å². The SMILES string of the molecule is N=c1c2cc3ccccc3nc2nc2n1-c1cc(Br)ccc1C2=O. The van der Waals surface area contributed by atoms with Crippen LogP contribution >= 0.6 is 15.9 Å². The van der Waals surface area contributed by atoms with Crippen molar-refractivity contribution in [3.05, 3.63) is 69.9 Å². The minimum absolute atomic E-state index is 0.178. The van der Waals surface area contributed by atoms with E-state index in [1.54, 1.807) is 10.6 Å². The van der Waals surface area contributed by atoms with Crippen molar-refractivity contribution >= 4 is 43.6 Å². The number of carbonyl (C=O) groups is 1. The summed E-state index contributed by atoms with van der Waals surface area (Å²) >= 11 is 3.42. The number of pyridine rings is 1. The van der Waals surface area contributed by atoms with Gasteiger partial charge >= 0.3 is 0 Å². The number of para-hydroxylation sites is 1. The van der Waals surface area contributed by atoms with Crippen molar-refractivity contribution in [1.82, 2.24) is 14.5 Å². The number of benzene rings is 2. The zero-order valence-electron chi connectivity index (χ0n) is 12.2. The largest absolute Gasteiger partial charge is 0.285 e. The summed E-state index contributed by atoms with van der Waals surface area (Å²) in [4.78, 5) is 21.6. The number of rotatable bonds is 0. The average Bonchev–Trinajstić information content (AvgIpc) is 2.86. The zero-order chi connectivity index (χ0) is 16.4. The number of hydrogen-bond donors (Lipinski definition) is 1. The van der Waals surface area contributed by atoms with Crippen molar-refractivity contribution in [2.75, 3.05) is 0 Å². The molecular formula is C18H9BrN4O. The van der Waals surface area contributed by atoms with Gasteiger partial charge < -0.3 is 0 Å². The van der Waals surface area contributed by atoms with Gasteiger partial charge in [0.05, 0.1) is 22.2 Å². The van der Waals surface area contributed by atoms with Crippen LogP contribution in [0.2, 0.25) is 0 Å². The number of carbonyl (C=O) groups excluding carboxylic acids is 1. The van der Waals surface area contributed by atoms with Gasteiger partial charge in [-0.05, 0) is 30.3 Å². The molecule has 114 valence electrons. The van der Waals surface area contributed by atoms with Crippen LogP contribution < -0.4 is 5.49 Å². The van der Waals surface area contributed by atoms with Crippen molar-refractivity contribution in [3.63, 3.8) is 0 Å². The second-order valence-corrected chi connectivity index (χ2v) is 6.58. The highest BCUT2D eigenvalue weighted by Gasteiger charge is 2.29. The fraction of sp³-hybridized carbons (Fsp3) is 0. The quantitative estimate of drug-likeness (QED) is 0.421. The van der Waals surface area contributed by atoms with E-state index in [1.165, 1.54) is 0 Å². The molecule has 0 atom stereocenters. The number of nitrogens with zero attached hydrogens (tertiary/aromatic N) is 3. The number of hydrogen-bond acceptors (Lipinski definition) is 4. The van der Waals surface area contributed by atoms with Crippen molar-refractivity contribution in [2.24, 2.45) is 0 Å². The maximum atomic E-state index is 12.6. The highest BCUT2D eigenvalue weighted by Crippen LogP contribution is 2.29. The summed E-state index contributed by atoms with van der Waals surface area (Å²) in [6.45, 7) is 0. The van der Waals surface area contributed by atoms with Gasteiger partial charge in [-0.1, -0.05) is 34.1 Å². The van der Waals surface area contributed by atoms with Crippen LogP contribution in [0.1, 0.15) is 16.2 Å². The molecule has 1 aliphatic rings. The second kappa shape index (κ2) is 4.58. The van der Waals surface area contributed by atoms with Gasteiger partial charge in [-0.2, -0.15) is 0 Å². The second-order valence-electron chi connectivity index (χ2n) is 5.66. The van der Waals surface area contributed by atoms with E-state index in [0.717, 1.165) is 15.4 Å². The van der Waals surface area contributed by atoms with E-state index >= 15 is 0 Å². The maximum absolute atomic E-state index is 12.6. The van der Waals surface area contributed by atoms with E-state index in [9.17, 15) is 4.79 Å². The van der Waals surface area contributed by atoms with Crippen LogP contribution in [0.5, 0.6) is 0 Å². The highest BCUT2D eigenvalue weighted by atomic mass is 79.9. The molecule has 2 aromatic heterocycles. The minimum atomic E-state index is -0.178. The Morgan fingerprint density at radius 2 is 1.88 bits per heavy atom. The van der Waals surface area contributed by atoms with Gasteiger partial charge in [-0.15, -0.1) is 0 Å². The van der Waals surface area contributed by atoms with Crippen molar-refractivity contribution < 1.29 is 4.79 Å². The van der Waals surface area contributed by atoms with Crippen molar-refractivity contribution in [2.45, 2.75) is 0 Å². The molecule has 0 aliphatic carbocycles. The molecule has 5 nitrogen and oxygen atoms in total. The van der Waals surface area contributed by atoms with E-state index in [0.29, 0.717) is 22.3 Å². The van der Waals surface area contributed by atoms with Crippen LogP contribution in [-0.2, 0) is 0 Å². The lowest BCUT2D eigenvalue weighted by atomic mass is 10.1. The van der Waals surface area contributed by atoms with Gasteiger partial charge in [0.15, 0.2) is 11.5 Å². The minimum Gasteiger partial charge on any atom is -0.285 e. The van der Waals surface area contributed by atoms with Gasteiger partial charge in [0.2, 0.25) is 5.78 Å². The third-order valence-electron chi connectivity index (χ3n) is 4.25. The Balaban J connectivity index is 1.96. The molecule has 4 aromatic rings. The molecule has 0 saturated carbocycles. The summed E-state index contributed by atoms with van der Waals surface area (Å²) in [5.74, 6) is 0.0613. The van der Waals surface area contributed by atoms with Crippen molar-refractivity contribution in [3.8, 4) is 5.69 Å². The molecule has 3 heterocycles. The van der Waals surface area contributed by atoms with Gasteiger partial charge in [0, 0.05) is 9.86 Å². The molecule has 0 fully saturated rings. The molecule has 0 amide bonds. The maximum Gasteiger partial charge on any atom is 0.231 e. The number of nitrogens with one attached hydrogen (secondary N) is 1. The van der Waals surface area contributed by atoms with Crippen LogP contribution in [0.25, 0.3) is 27.6 Å². The van der Waals surface area contributed by atoms with Gasteiger partial charge in [0.25, 0.3) is 0 Å². The van der Waals surface area contributed by atoms with E-state index < -0.39 is 0 Å². The topological polar surface area (TPSA) is 71.6 Å². The third-order valence-corrected chi connectivity index (χ3v) is 4.75. The summed E-state index contributed by atoms with van der Waals surface area (Å²) in [7, 11) is 0. The summed E-state index contributed by atoms with van der Waals surface area (Å²) in [6.07, 6.45) is 0. The average molecular weight is 377 g/mol. The molecule has 1 aliphatic heterocycles. The predicted octanol–water partition coefficient (Wildman–Crippen LogP) is 3.36. The summed E-state index contributed by atoms with van der Waals surface area (Å²) in [6, 6.07) is 15.0. The summed E-state index contributed by atoms with van der Waals surface area (Å²) in [5.41, 5.74) is 2.67. The highest BCUT2D eigenvalue weighted by molar-refractivity contribution is 9.10. The number of aromatic nitrogens is 3. The Hall–Kier alpha value is -2.86. The van der Waals surface area contributed by atoms with E-state index in [4.69, 9.17) is 5.41 Å². The smallest absolute Gasteiger partial charge is 0.231 e. The lowest BCUT2D eigenvalue weighted by Gasteiger charge is -2.08. The van der Waals surface area contributed by atoms with E-state index in [1.807, 2.05) is 42.5 Å². The van der Waals surface area contributed by atoms with E-state index in [2.05, 4.69) is 25.9 Å². The fourth-order valence-corrected chi connectivity index (χ4v) is 3.48. The third kappa shape index (κ3) is 1.68. The number of ketones is 1. The van der Waals surface area contributed by atoms with Crippen LogP contribution in [0.3, 0.4) is 0 Å². The first-order valence-electron chi connectivity index (χ1n) is 7.35. The van der Waals surface area contributed by atoms with Gasteiger partial charge in [0.1, 0.15) is 5.49 Å². The molecule has 0 saturated heterocycles. The molecule has 0 unspecified atom stereocenters. The lowest BCUT2D eigenvalue weighted by molar-refractivity contribution is 0.103. The Bertz CT molecular complexity index is 1260. The first-order valence-corrected chi connectivity index (χ1v) is 8.14. The Kier molecular flexibility index (Phi) is 2.59. The first-order chi connectivity index (χ1) is 11.6. The van der Waals surface area contributed by atoms with Crippen LogP contribution in [0, 0.1) is 5.41 Å². The predicted molar refractivity (Wildman–Crippen MR) is 93.4 cm³/mol. The van der Waals surface area contributed by atoms with Crippen LogP contribution in [0.4, 0.5) is 0 Å². The van der Waals surface area contributed by atoms with Gasteiger partial charge in [-0.25, -0.2) is 9.97 Å². The summed E-state index contributed by atoms with van der Waals surface area (Å²) in [5, 5.41) is 10.2. The molecule has 24 heavy (non-hydrogen) atoms. The molecular weight excluding hydrogens is 368 g/mol. The number of halogens is 1. The Morgan fingerprint density at radius 1 is 1.04 bits per heavy atom. The van der Waals surface area contributed by atoms with E-state index in [-0.39, 0.29) is 17.1 Å². The normalized spacial score (nSPS) is 12.6. The number of fused-ring (bicyclic) bond motifs is 5. The molecule has 0 radical (unpaired) electrons. The zero-order valence-corrected chi connectivity index (χ0v) is 13.8.